The Morgan fingerprint density at radius 2 is 1.84 bits per heavy atom. The van der Waals surface area contributed by atoms with Crippen LogP contribution in [0, 0.1) is 5.92 Å². The van der Waals surface area contributed by atoms with Gasteiger partial charge in [0.2, 0.25) is 0 Å². The molecule has 1 saturated carbocycles. The zero-order valence-corrected chi connectivity index (χ0v) is 11.8. The molecular formula is C17H26N2. The third-order valence-corrected chi connectivity index (χ3v) is 4.85. The first-order chi connectivity index (χ1) is 9.43. The Kier molecular flexibility index (Phi) is 4.52. The summed E-state index contributed by atoms with van der Waals surface area (Å²) >= 11 is 0. The molecule has 1 aromatic carbocycles. The van der Waals surface area contributed by atoms with Gasteiger partial charge in [0.1, 0.15) is 0 Å². The van der Waals surface area contributed by atoms with Gasteiger partial charge in [0.25, 0.3) is 0 Å². The highest BCUT2D eigenvalue weighted by Crippen LogP contribution is 2.30. The number of rotatable bonds is 4. The van der Waals surface area contributed by atoms with Crippen molar-refractivity contribution in [1.29, 1.82) is 0 Å². The van der Waals surface area contributed by atoms with Crippen LogP contribution in [0.4, 0.5) is 0 Å². The normalized spacial score (nSPS) is 31.5. The largest absolute Gasteiger partial charge is 0.314 e. The summed E-state index contributed by atoms with van der Waals surface area (Å²) in [6.07, 6.45) is 8.34. The van der Waals surface area contributed by atoms with Crippen LogP contribution in [0.2, 0.25) is 0 Å². The lowest BCUT2D eigenvalue weighted by Gasteiger charge is -2.36. The van der Waals surface area contributed by atoms with Crippen LogP contribution in [0.1, 0.15) is 44.1 Å². The lowest BCUT2D eigenvalue weighted by Crippen LogP contribution is -2.46. The Bertz CT molecular complexity index is 370. The van der Waals surface area contributed by atoms with E-state index in [2.05, 4.69) is 41.0 Å². The molecule has 0 spiro atoms. The van der Waals surface area contributed by atoms with E-state index in [0.717, 1.165) is 18.5 Å². The molecule has 1 heterocycles. The molecule has 3 unspecified atom stereocenters. The van der Waals surface area contributed by atoms with Gasteiger partial charge in [-0.15, -0.1) is 0 Å². The van der Waals surface area contributed by atoms with E-state index >= 15 is 0 Å². The van der Waals surface area contributed by atoms with Gasteiger partial charge in [-0.1, -0.05) is 43.2 Å². The van der Waals surface area contributed by atoms with Gasteiger partial charge < -0.3 is 10.6 Å². The fraction of sp³-hybridized carbons (Fsp3) is 0.647. The zero-order valence-electron chi connectivity index (χ0n) is 11.8. The van der Waals surface area contributed by atoms with Crippen LogP contribution < -0.4 is 10.6 Å². The summed E-state index contributed by atoms with van der Waals surface area (Å²) < 4.78 is 0. The van der Waals surface area contributed by atoms with E-state index in [9.17, 15) is 0 Å². The molecule has 19 heavy (non-hydrogen) atoms. The number of benzene rings is 1. The van der Waals surface area contributed by atoms with E-state index in [1.807, 2.05) is 0 Å². The molecule has 2 heteroatoms. The van der Waals surface area contributed by atoms with Gasteiger partial charge in [0.05, 0.1) is 0 Å². The molecule has 0 amide bonds. The Morgan fingerprint density at radius 1 is 1.00 bits per heavy atom. The topological polar surface area (TPSA) is 24.1 Å². The van der Waals surface area contributed by atoms with E-state index in [0.29, 0.717) is 6.04 Å². The molecule has 2 aliphatic rings. The molecule has 2 fully saturated rings. The minimum Gasteiger partial charge on any atom is -0.314 e. The molecule has 1 aliphatic carbocycles. The second-order valence-electron chi connectivity index (χ2n) is 6.12. The van der Waals surface area contributed by atoms with Crippen LogP contribution in [0.15, 0.2) is 30.3 Å². The van der Waals surface area contributed by atoms with Gasteiger partial charge in [0.15, 0.2) is 0 Å². The van der Waals surface area contributed by atoms with Crippen LogP contribution in [0.3, 0.4) is 0 Å². The maximum Gasteiger partial charge on any atom is 0.0208 e. The zero-order chi connectivity index (χ0) is 12.9. The standard InChI is InChI=1S/C17H26N2/c1-2-7-14(8-3-1)13-19-17-10-5-4-9-15(17)16-11-6-12-18-16/h1-3,7-8,15-19H,4-6,9-13H2. The SMILES string of the molecule is c1ccc(CNC2CCCCC2C2CCCN2)cc1. The van der Waals surface area contributed by atoms with Crippen molar-refractivity contribution in [1.82, 2.24) is 10.6 Å². The maximum absolute atomic E-state index is 3.82. The van der Waals surface area contributed by atoms with E-state index in [1.165, 1.54) is 50.6 Å². The summed E-state index contributed by atoms with van der Waals surface area (Å²) in [5, 5.41) is 7.54. The molecule has 104 valence electrons. The van der Waals surface area contributed by atoms with Gasteiger partial charge in [-0.25, -0.2) is 0 Å². The van der Waals surface area contributed by atoms with Crippen molar-refractivity contribution in [2.24, 2.45) is 5.92 Å². The van der Waals surface area contributed by atoms with Crippen LogP contribution >= 0.6 is 0 Å². The van der Waals surface area contributed by atoms with Crippen molar-refractivity contribution in [2.45, 2.75) is 57.2 Å². The number of nitrogens with one attached hydrogen (secondary N) is 2. The van der Waals surface area contributed by atoms with Crippen LogP contribution in [-0.4, -0.2) is 18.6 Å². The van der Waals surface area contributed by atoms with Crippen molar-refractivity contribution in [2.75, 3.05) is 6.54 Å². The van der Waals surface area contributed by atoms with Crippen molar-refractivity contribution in [3.8, 4) is 0 Å². The van der Waals surface area contributed by atoms with Crippen molar-refractivity contribution in [3.63, 3.8) is 0 Å². The molecule has 2 N–H and O–H groups in total. The monoisotopic (exact) mass is 258 g/mol. The third kappa shape index (κ3) is 3.37. The first-order valence-corrected chi connectivity index (χ1v) is 7.94. The van der Waals surface area contributed by atoms with Crippen molar-refractivity contribution < 1.29 is 0 Å². The summed E-state index contributed by atoms with van der Waals surface area (Å²) in [6.45, 7) is 2.25. The second-order valence-corrected chi connectivity index (χ2v) is 6.12. The highest BCUT2D eigenvalue weighted by molar-refractivity contribution is 5.14. The number of hydrogen-bond acceptors (Lipinski definition) is 2. The smallest absolute Gasteiger partial charge is 0.0208 e. The van der Waals surface area contributed by atoms with Crippen molar-refractivity contribution >= 4 is 0 Å². The summed E-state index contributed by atoms with van der Waals surface area (Å²) in [4.78, 5) is 0. The molecule has 3 atom stereocenters. The molecule has 1 saturated heterocycles. The average molecular weight is 258 g/mol. The quantitative estimate of drug-likeness (QED) is 0.867. The van der Waals surface area contributed by atoms with E-state index < -0.39 is 0 Å². The van der Waals surface area contributed by atoms with Crippen molar-refractivity contribution in [3.05, 3.63) is 35.9 Å². The Balaban J connectivity index is 1.57. The van der Waals surface area contributed by atoms with Gasteiger partial charge >= 0.3 is 0 Å². The van der Waals surface area contributed by atoms with E-state index in [1.54, 1.807) is 0 Å². The Hall–Kier alpha value is -0.860. The summed E-state index contributed by atoms with van der Waals surface area (Å²) in [5.74, 6) is 0.847. The summed E-state index contributed by atoms with van der Waals surface area (Å²) in [5.41, 5.74) is 1.41. The van der Waals surface area contributed by atoms with E-state index in [-0.39, 0.29) is 0 Å². The highest BCUT2D eigenvalue weighted by atomic mass is 15.0. The predicted octanol–water partition coefficient (Wildman–Crippen LogP) is 3.09. The highest BCUT2D eigenvalue weighted by Gasteiger charge is 2.32. The molecule has 2 nitrogen and oxygen atoms in total. The molecule has 3 rings (SSSR count). The molecule has 1 aliphatic heterocycles. The fourth-order valence-electron chi connectivity index (χ4n) is 3.82. The average Bonchev–Trinajstić information content (AvgIpc) is 3.01. The maximum atomic E-state index is 3.82. The second kappa shape index (κ2) is 6.53. The summed E-state index contributed by atoms with van der Waals surface area (Å²) in [7, 11) is 0. The van der Waals surface area contributed by atoms with E-state index in [4.69, 9.17) is 0 Å². The first-order valence-electron chi connectivity index (χ1n) is 7.94. The first kappa shape index (κ1) is 13.1. The van der Waals surface area contributed by atoms with Crippen LogP contribution in [0.25, 0.3) is 0 Å². The molecule has 1 aromatic rings. The minimum atomic E-state index is 0.713. The molecule has 0 aromatic heterocycles. The minimum absolute atomic E-state index is 0.713. The molecular weight excluding hydrogens is 232 g/mol. The number of hydrogen-bond donors (Lipinski definition) is 2. The lowest BCUT2D eigenvalue weighted by molar-refractivity contribution is 0.213. The van der Waals surface area contributed by atoms with Gasteiger partial charge in [-0.05, 0) is 43.7 Å². The van der Waals surface area contributed by atoms with Gasteiger partial charge in [-0.2, -0.15) is 0 Å². The third-order valence-electron chi connectivity index (χ3n) is 4.85. The molecule has 0 bridgehead atoms. The molecule has 0 radical (unpaired) electrons. The predicted molar refractivity (Wildman–Crippen MR) is 80.1 cm³/mol. The fourth-order valence-corrected chi connectivity index (χ4v) is 3.82. The van der Waals surface area contributed by atoms with Gasteiger partial charge in [-0.3, -0.25) is 0 Å². The summed E-state index contributed by atoms with van der Waals surface area (Å²) in [6, 6.07) is 12.3. The van der Waals surface area contributed by atoms with Crippen LogP contribution in [0.5, 0.6) is 0 Å². The lowest BCUT2D eigenvalue weighted by atomic mass is 9.79. The Labute approximate surface area is 117 Å². The van der Waals surface area contributed by atoms with Crippen LogP contribution in [-0.2, 0) is 6.54 Å². The van der Waals surface area contributed by atoms with Gasteiger partial charge in [0, 0.05) is 18.6 Å². The Morgan fingerprint density at radius 3 is 2.63 bits per heavy atom.